The van der Waals surface area contributed by atoms with E-state index in [-0.39, 0.29) is 17.6 Å². The van der Waals surface area contributed by atoms with Crippen LogP contribution in [-0.2, 0) is 10.2 Å². The number of likely N-dealkylation sites (N-methyl/N-ethyl adjacent to an activating group) is 1. The Morgan fingerprint density at radius 3 is 2.64 bits per heavy atom. The van der Waals surface area contributed by atoms with Crippen molar-refractivity contribution in [3.05, 3.63) is 35.4 Å². The van der Waals surface area contributed by atoms with Crippen molar-refractivity contribution in [2.24, 2.45) is 0 Å². The summed E-state index contributed by atoms with van der Waals surface area (Å²) in [5.41, 5.74) is 2.60. The number of benzene rings is 1. The molecule has 0 radical (unpaired) electrons. The zero-order chi connectivity index (χ0) is 18.8. The van der Waals surface area contributed by atoms with Crippen LogP contribution in [0.2, 0.25) is 0 Å². The van der Waals surface area contributed by atoms with Crippen LogP contribution in [0.4, 0.5) is 4.79 Å². The summed E-state index contributed by atoms with van der Waals surface area (Å²) in [7, 11) is 1.80. The maximum atomic E-state index is 12.2. The second-order valence-corrected chi connectivity index (χ2v) is 8.91. The molecule has 2 rings (SSSR count). The molecular formula is C21H34N2O2. The normalized spacial score (nSPS) is 20.5. The topological polar surface area (TPSA) is 41.6 Å². The van der Waals surface area contributed by atoms with E-state index in [2.05, 4.69) is 50.4 Å². The Morgan fingerprint density at radius 2 is 2.00 bits per heavy atom. The SMILES string of the molecule is CC(CNC1CCC(C)(C)c2ccccc21)N(C)C(=O)OC(C)(C)C. The summed E-state index contributed by atoms with van der Waals surface area (Å²) in [6, 6.07) is 9.14. The molecule has 0 fully saturated rings. The van der Waals surface area contributed by atoms with Gasteiger partial charge in [0, 0.05) is 25.7 Å². The van der Waals surface area contributed by atoms with Gasteiger partial charge in [0.05, 0.1) is 0 Å². The molecule has 0 aromatic heterocycles. The average molecular weight is 347 g/mol. The fourth-order valence-electron chi connectivity index (χ4n) is 3.39. The van der Waals surface area contributed by atoms with E-state index in [1.807, 2.05) is 20.8 Å². The lowest BCUT2D eigenvalue weighted by atomic mass is 9.71. The monoisotopic (exact) mass is 346 g/mol. The molecule has 140 valence electrons. The number of fused-ring (bicyclic) bond motifs is 1. The van der Waals surface area contributed by atoms with Crippen LogP contribution in [0.15, 0.2) is 24.3 Å². The molecule has 2 atom stereocenters. The van der Waals surface area contributed by atoms with E-state index in [9.17, 15) is 4.79 Å². The molecule has 0 bridgehead atoms. The number of hydrogen-bond donors (Lipinski definition) is 1. The molecule has 1 N–H and O–H groups in total. The van der Waals surface area contributed by atoms with E-state index in [1.54, 1.807) is 11.9 Å². The number of ether oxygens (including phenoxy) is 1. The predicted molar refractivity (Wildman–Crippen MR) is 103 cm³/mol. The molecule has 1 aromatic rings. The van der Waals surface area contributed by atoms with Crippen LogP contribution in [0, 0.1) is 0 Å². The van der Waals surface area contributed by atoms with Gasteiger partial charge in [0.15, 0.2) is 0 Å². The minimum atomic E-state index is -0.466. The molecule has 4 heteroatoms. The van der Waals surface area contributed by atoms with Gasteiger partial charge in [0.1, 0.15) is 5.60 Å². The van der Waals surface area contributed by atoms with Crippen LogP contribution in [0.25, 0.3) is 0 Å². The highest BCUT2D eigenvalue weighted by Crippen LogP contribution is 2.41. The third-order valence-corrected chi connectivity index (χ3v) is 5.13. The van der Waals surface area contributed by atoms with Crippen LogP contribution in [-0.4, -0.2) is 36.2 Å². The number of nitrogens with one attached hydrogen (secondary N) is 1. The Labute approximate surface area is 152 Å². The second-order valence-electron chi connectivity index (χ2n) is 8.91. The summed E-state index contributed by atoms with van der Waals surface area (Å²) in [6.07, 6.45) is 2.01. The first kappa shape index (κ1) is 19.8. The summed E-state index contributed by atoms with van der Waals surface area (Å²) in [6.45, 7) is 13.1. The molecule has 1 aromatic carbocycles. The molecule has 0 spiro atoms. The van der Waals surface area contributed by atoms with Gasteiger partial charge in [-0.2, -0.15) is 0 Å². The van der Waals surface area contributed by atoms with Crippen LogP contribution < -0.4 is 5.32 Å². The predicted octanol–water partition coefficient (Wildman–Crippen LogP) is 4.64. The van der Waals surface area contributed by atoms with E-state index in [0.717, 1.165) is 19.4 Å². The Morgan fingerprint density at radius 1 is 1.36 bits per heavy atom. The molecule has 0 saturated carbocycles. The first-order valence-corrected chi connectivity index (χ1v) is 9.30. The fraction of sp³-hybridized carbons (Fsp3) is 0.667. The Bertz CT molecular complexity index is 604. The van der Waals surface area contributed by atoms with Crippen molar-refractivity contribution >= 4 is 6.09 Å². The molecule has 25 heavy (non-hydrogen) atoms. The van der Waals surface area contributed by atoms with Gasteiger partial charge < -0.3 is 15.0 Å². The summed E-state index contributed by atoms with van der Waals surface area (Å²) >= 11 is 0. The molecular weight excluding hydrogens is 312 g/mol. The van der Waals surface area contributed by atoms with Crippen LogP contribution in [0.1, 0.15) is 71.6 Å². The number of rotatable bonds is 4. The number of nitrogens with zero attached hydrogens (tertiary/aromatic N) is 1. The lowest BCUT2D eigenvalue weighted by Crippen LogP contribution is -2.45. The number of hydrogen-bond acceptors (Lipinski definition) is 3. The summed E-state index contributed by atoms with van der Waals surface area (Å²) in [5, 5.41) is 3.66. The van der Waals surface area contributed by atoms with E-state index >= 15 is 0 Å². The second kappa shape index (κ2) is 7.36. The van der Waals surface area contributed by atoms with Gasteiger partial charge in [-0.1, -0.05) is 38.1 Å². The number of amides is 1. The first-order chi connectivity index (χ1) is 11.5. The summed E-state index contributed by atoms with van der Waals surface area (Å²) in [5.74, 6) is 0. The fourth-order valence-corrected chi connectivity index (χ4v) is 3.39. The first-order valence-electron chi connectivity index (χ1n) is 9.30. The minimum absolute atomic E-state index is 0.0666. The molecule has 0 heterocycles. The van der Waals surface area contributed by atoms with Crippen LogP contribution in [0.5, 0.6) is 0 Å². The summed E-state index contributed by atoms with van der Waals surface area (Å²) < 4.78 is 5.46. The molecule has 1 aliphatic carbocycles. The summed E-state index contributed by atoms with van der Waals surface area (Å²) in [4.78, 5) is 13.9. The maximum absolute atomic E-state index is 12.2. The quantitative estimate of drug-likeness (QED) is 0.863. The van der Waals surface area contributed by atoms with Gasteiger partial charge in [0.25, 0.3) is 0 Å². The molecule has 1 aliphatic rings. The van der Waals surface area contributed by atoms with Crippen molar-refractivity contribution in [3.8, 4) is 0 Å². The standard InChI is InChI=1S/C21H34N2O2/c1-15(23(7)19(24)25-20(2,3)4)14-22-18-12-13-21(5,6)17-11-9-8-10-16(17)18/h8-11,15,18,22H,12-14H2,1-7H3. The van der Waals surface area contributed by atoms with Gasteiger partial charge in [0.2, 0.25) is 0 Å². The van der Waals surface area contributed by atoms with Gasteiger partial charge in [-0.15, -0.1) is 0 Å². The van der Waals surface area contributed by atoms with Crippen LogP contribution >= 0.6 is 0 Å². The van der Waals surface area contributed by atoms with E-state index < -0.39 is 5.60 Å². The highest BCUT2D eigenvalue weighted by Gasteiger charge is 2.32. The van der Waals surface area contributed by atoms with Gasteiger partial charge in [-0.05, 0) is 57.1 Å². The van der Waals surface area contributed by atoms with Gasteiger partial charge in [-0.3, -0.25) is 0 Å². The van der Waals surface area contributed by atoms with Crippen molar-refractivity contribution in [2.45, 2.75) is 77.5 Å². The van der Waals surface area contributed by atoms with Crippen molar-refractivity contribution in [2.75, 3.05) is 13.6 Å². The molecule has 1 amide bonds. The minimum Gasteiger partial charge on any atom is -0.444 e. The Hall–Kier alpha value is -1.55. The van der Waals surface area contributed by atoms with Crippen molar-refractivity contribution in [1.82, 2.24) is 10.2 Å². The maximum Gasteiger partial charge on any atom is 0.410 e. The van der Waals surface area contributed by atoms with E-state index in [0.29, 0.717) is 6.04 Å². The lowest BCUT2D eigenvalue weighted by Gasteiger charge is -2.38. The number of carbonyl (C=O) groups excluding carboxylic acids is 1. The average Bonchev–Trinajstić information content (AvgIpc) is 2.51. The van der Waals surface area contributed by atoms with Crippen molar-refractivity contribution < 1.29 is 9.53 Å². The zero-order valence-corrected chi connectivity index (χ0v) is 16.8. The molecule has 0 saturated heterocycles. The van der Waals surface area contributed by atoms with E-state index in [1.165, 1.54) is 11.1 Å². The van der Waals surface area contributed by atoms with Crippen LogP contribution in [0.3, 0.4) is 0 Å². The van der Waals surface area contributed by atoms with Crippen molar-refractivity contribution in [1.29, 1.82) is 0 Å². The third-order valence-electron chi connectivity index (χ3n) is 5.13. The highest BCUT2D eigenvalue weighted by atomic mass is 16.6. The van der Waals surface area contributed by atoms with E-state index in [4.69, 9.17) is 4.74 Å². The van der Waals surface area contributed by atoms with Crippen molar-refractivity contribution in [3.63, 3.8) is 0 Å². The zero-order valence-electron chi connectivity index (χ0n) is 16.8. The third kappa shape index (κ3) is 4.97. The molecule has 4 nitrogen and oxygen atoms in total. The Kier molecular flexibility index (Phi) is 5.82. The Balaban J connectivity index is 1.98. The molecule has 2 unspecified atom stereocenters. The van der Waals surface area contributed by atoms with Gasteiger partial charge in [-0.25, -0.2) is 4.79 Å². The lowest BCUT2D eigenvalue weighted by molar-refractivity contribution is 0.0233. The van der Waals surface area contributed by atoms with Gasteiger partial charge >= 0.3 is 6.09 Å². The number of carbonyl (C=O) groups is 1. The largest absolute Gasteiger partial charge is 0.444 e. The highest BCUT2D eigenvalue weighted by molar-refractivity contribution is 5.68. The molecule has 0 aliphatic heterocycles. The smallest absolute Gasteiger partial charge is 0.410 e.